The summed E-state index contributed by atoms with van der Waals surface area (Å²) in [5, 5.41) is 9.48. The van der Waals surface area contributed by atoms with Crippen molar-refractivity contribution in [2.24, 2.45) is 0 Å². The summed E-state index contributed by atoms with van der Waals surface area (Å²) in [6, 6.07) is 10.2. The normalized spacial score (nSPS) is 10.8. The highest BCUT2D eigenvalue weighted by Gasteiger charge is 2.12. The van der Waals surface area contributed by atoms with Gasteiger partial charge in [0.05, 0.1) is 5.56 Å². The molecule has 0 amide bonds. The molecule has 0 bridgehead atoms. The number of hydrogen-bond donors (Lipinski definition) is 1. The van der Waals surface area contributed by atoms with Gasteiger partial charge in [-0.1, -0.05) is 12.1 Å². The Morgan fingerprint density at radius 2 is 1.95 bits per heavy atom. The zero-order valence-electron chi connectivity index (χ0n) is 11.0. The summed E-state index contributed by atoms with van der Waals surface area (Å²) >= 11 is 0. The molecular formula is C16H12F2N2O. The van der Waals surface area contributed by atoms with Crippen molar-refractivity contribution in [3.63, 3.8) is 0 Å². The minimum absolute atomic E-state index is 0.169. The van der Waals surface area contributed by atoms with Crippen LogP contribution in [-0.2, 0) is 6.54 Å². The monoisotopic (exact) mass is 286 g/mol. The van der Waals surface area contributed by atoms with Crippen molar-refractivity contribution in [3.8, 4) is 17.1 Å². The molecule has 0 aliphatic heterocycles. The van der Waals surface area contributed by atoms with E-state index in [2.05, 4.69) is 4.98 Å². The standard InChI is InChI=1S/C16H12F2N2O/c17-12-4-5-14(15(18)9-12)16-19-6-7-20(16)10-11-2-1-3-13(21)8-11/h1-9,21H,10H2. The van der Waals surface area contributed by atoms with Gasteiger partial charge in [0.2, 0.25) is 0 Å². The van der Waals surface area contributed by atoms with Gasteiger partial charge in [0.15, 0.2) is 0 Å². The second kappa shape index (κ2) is 5.36. The molecule has 0 spiro atoms. The number of benzene rings is 2. The fraction of sp³-hybridized carbons (Fsp3) is 0.0625. The summed E-state index contributed by atoms with van der Waals surface area (Å²) in [7, 11) is 0. The molecule has 0 aliphatic carbocycles. The lowest BCUT2D eigenvalue weighted by atomic mass is 10.1. The molecule has 0 fully saturated rings. The minimum atomic E-state index is -0.654. The summed E-state index contributed by atoms with van der Waals surface area (Å²) in [6.07, 6.45) is 3.27. The first-order chi connectivity index (χ1) is 10.1. The van der Waals surface area contributed by atoms with Gasteiger partial charge in [0, 0.05) is 25.0 Å². The third kappa shape index (κ3) is 2.76. The van der Waals surface area contributed by atoms with Gasteiger partial charge in [-0.2, -0.15) is 0 Å². The summed E-state index contributed by atoms with van der Waals surface area (Å²) in [4.78, 5) is 4.13. The van der Waals surface area contributed by atoms with Gasteiger partial charge in [-0.15, -0.1) is 0 Å². The smallest absolute Gasteiger partial charge is 0.143 e. The van der Waals surface area contributed by atoms with Gasteiger partial charge >= 0.3 is 0 Å². The maximum Gasteiger partial charge on any atom is 0.143 e. The Morgan fingerprint density at radius 3 is 2.71 bits per heavy atom. The summed E-state index contributed by atoms with van der Waals surface area (Å²) in [6.45, 7) is 0.431. The number of hydrogen-bond acceptors (Lipinski definition) is 2. The van der Waals surface area contributed by atoms with Crippen LogP contribution in [0.5, 0.6) is 5.75 Å². The summed E-state index contributed by atoms with van der Waals surface area (Å²) in [5.41, 5.74) is 1.10. The first-order valence-electron chi connectivity index (χ1n) is 6.38. The molecule has 0 atom stereocenters. The van der Waals surface area contributed by atoms with Crippen molar-refractivity contribution in [1.29, 1.82) is 0 Å². The molecule has 2 aromatic carbocycles. The third-order valence-electron chi connectivity index (χ3n) is 3.15. The zero-order chi connectivity index (χ0) is 14.8. The minimum Gasteiger partial charge on any atom is -0.508 e. The molecule has 1 aromatic heterocycles. The molecule has 1 heterocycles. The Morgan fingerprint density at radius 1 is 1.10 bits per heavy atom. The first-order valence-corrected chi connectivity index (χ1v) is 6.38. The summed E-state index contributed by atoms with van der Waals surface area (Å²) < 4.78 is 28.6. The van der Waals surface area contributed by atoms with Crippen molar-refractivity contribution in [2.45, 2.75) is 6.54 Å². The van der Waals surface area contributed by atoms with E-state index in [4.69, 9.17) is 0 Å². The highest BCUT2D eigenvalue weighted by Crippen LogP contribution is 2.23. The van der Waals surface area contributed by atoms with Crippen molar-refractivity contribution < 1.29 is 13.9 Å². The lowest BCUT2D eigenvalue weighted by Gasteiger charge is -2.09. The predicted molar refractivity (Wildman–Crippen MR) is 74.8 cm³/mol. The largest absolute Gasteiger partial charge is 0.508 e. The van der Waals surface area contributed by atoms with Crippen LogP contribution in [-0.4, -0.2) is 14.7 Å². The molecule has 5 heteroatoms. The molecule has 0 saturated carbocycles. The van der Waals surface area contributed by atoms with Gasteiger partial charge in [-0.3, -0.25) is 0 Å². The van der Waals surface area contributed by atoms with E-state index >= 15 is 0 Å². The van der Waals surface area contributed by atoms with Gasteiger partial charge in [-0.25, -0.2) is 13.8 Å². The third-order valence-corrected chi connectivity index (χ3v) is 3.15. The van der Waals surface area contributed by atoms with Gasteiger partial charge < -0.3 is 9.67 Å². The van der Waals surface area contributed by atoms with Crippen LogP contribution in [0.2, 0.25) is 0 Å². The van der Waals surface area contributed by atoms with E-state index in [1.165, 1.54) is 12.1 Å². The van der Waals surface area contributed by atoms with E-state index in [9.17, 15) is 13.9 Å². The molecule has 0 saturated heterocycles. The van der Waals surface area contributed by atoms with E-state index in [1.54, 1.807) is 35.2 Å². The molecule has 0 unspecified atom stereocenters. The van der Waals surface area contributed by atoms with Crippen molar-refractivity contribution in [1.82, 2.24) is 9.55 Å². The number of rotatable bonds is 3. The summed E-state index contributed by atoms with van der Waals surface area (Å²) in [5.74, 6) is -0.696. The average molecular weight is 286 g/mol. The quantitative estimate of drug-likeness (QED) is 0.799. The zero-order valence-corrected chi connectivity index (χ0v) is 11.0. The number of aromatic hydroxyl groups is 1. The second-order valence-electron chi connectivity index (χ2n) is 4.67. The second-order valence-corrected chi connectivity index (χ2v) is 4.67. The van der Waals surface area contributed by atoms with E-state index in [1.807, 2.05) is 6.07 Å². The lowest BCUT2D eigenvalue weighted by molar-refractivity contribution is 0.474. The van der Waals surface area contributed by atoms with Crippen LogP contribution >= 0.6 is 0 Å². The molecule has 1 N–H and O–H groups in total. The van der Waals surface area contributed by atoms with Gasteiger partial charge in [0.25, 0.3) is 0 Å². The van der Waals surface area contributed by atoms with Gasteiger partial charge in [-0.05, 0) is 29.8 Å². The average Bonchev–Trinajstić information content (AvgIpc) is 2.87. The maximum atomic E-state index is 13.9. The topological polar surface area (TPSA) is 38.0 Å². The van der Waals surface area contributed by atoms with Crippen LogP contribution in [0.3, 0.4) is 0 Å². The first kappa shape index (κ1) is 13.3. The number of halogens is 2. The Labute approximate surface area is 120 Å². The molecule has 3 nitrogen and oxygen atoms in total. The van der Waals surface area contributed by atoms with Crippen molar-refractivity contribution in [2.75, 3.05) is 0 Å². The molecular weight excluding hydrogens is 274 g/mol. The Bertz CT molecular complexity index is 783. The number of phenolic OH excluding ortho intramolecular Hbond substituents is 1. The van der Waals surface area contributed by atoms with Crippen LogP contribution in [0.15, 0.2) is 54.9 Å². The molecule has 3 aromatic rings. The van der Waals surface area contributed by atoms with Crippen LogP contribution in [0, 0.1) is 11.6 Å². The molecule has 106 valence electrons. The van der Waals surface area contributed by atoms with Crippen molar-refractivity contribution >= 4 is 0 Å². The maximum absolute atomic E-state index is 13.9. The van der Waals surface area contributed by atoms with E-state index < -0.39 is 11.6 Å². The van der Waals surface area contributed by atoms with E-state index in [0.29, 0.717) is 12.4 Å². The lowest BCUT2D eigenvalue weighted by Crippen LogP contribution is -2.02. The predicted octanol–water partition coefficient (Wildman–Crippen LogP) is 3.58. The van der Waals surface area contributed by atoms with E-state index in [-0.39, 0.29) is 11.3 Å². The van der Waals surface area contributed by atoms with Gasteiger partial charge in [0.1, 0.15) is 23.2 Å². The van der Waals surface area contributed by atoms with Crippen molar-refractivity contribution in [3.05, 3.63) is 72.1 Å². The van der Waals surface area contributed by atoms with Crippen LogP contribution in [0.25, 0.3) is 11.4 Å². The Kier molecular flexibility index (Phi) is 3.39. The van der Waals surface area contributed by atoms with Crippen LogP contribution in [0.4, 0.5) is 8.78 Å². The SMILES string of the molecule is Oc1cccc(Cn2ccnc2-c2ccc(F)cc2F)c1. The fourth-order valence-electron chi connectivity index (χ4n) is 2.20. The molecule has 21 heavy (non-hydrogen) atoms. The highest BCUT2D eigenvalue weighted by molar-refractivity contribution is 5.56. The number of phenols is 1. The highest BCUT2D eigenvalue weighted by atomic mass is 19.1. The molecule has 0 radical (unpaired) electrons. The molecule has 0 aliphatic rings. The van der Waals surface area contributed by atoms with Crippen LogP contribution < -0.4 is 0 Å². The Balaban J connectivity index is 1.97. The fourth-order valence-corrected chi connectivity index (χ4v) is 2.20. The molecule has 3 rings (SSSR count). The number of nitrogens with zero attached hydrogens (tertiary/aromatic N) is 2. The number of aromatic nitrogens is 2. The Hall–Kier alpha value is -2.69. The number of imidazole rings is 1. The van der Waals surface area contributed by atoms with E-state index in [0.717, 1.165) is 11.6 Å². The van der Waals surface area contributed by atoms with Crippen LogP contribution in [0.1, 0.15) is 5.56 Å².